The predicted molar refractivity (Wildman–Crippen MR) is 122 cm³/mol. The van der Waals surface area contributed by atoms with Gasteiger partial charge in [0.1, 0.15) is 12.7 Å². The van der Waals surface area contributed by atoms with E-state index in [0.717, 1.165) is 42.3 Å². The van der Waals surface area contributed by atoms with E-state index in [0.29, 0.717) is 12.1 Å². The molecule has 0 saturated heterocycles. The fourth-order valence-electron chi connectivity index (χ4n) is 3.05. The zero-order valence-corrected chi connectivity index (χ0v) is 18.2. The molecule has 0 saturated carbocycles. The molecule has 31 heavy (non-hydrogen) atoms. The van der Waals surface area contributed by atoms with Crippen molar-refractivity contribution in [1.29, 1.82) is 0 Å². The largest absolute Gasteiger partial charge is 0.357 e. The molecule has 0 fully saturated rings. The van der Waals surface area contributed by atoms with E-state index >= 15 is 0 Å². The van der Waals surface area contributed by atoms with Gasteiger partial charge in [0.2, 0.25) is 0 Å². The fraction of sp³-hybridized carbons (Fsp3) is 0.304. The molecule has 3 aromatic rings. The van der Waals surface area contributed by atoms with Crippen molar-refractivity contribution in [2.45, 2.75) is 19.9 Å². The maximum absolute atomic E-state index is 12.1. The summed E-state index contributed by atoms with van der Waals surface area (Å²) in [6.07, 6.45) is 3.99. The Hall–Kier alpha value is -3.68. The summed E-state index contributed by atoms with van der Waals surface area (Å²) in [5.74, 6) is 0.780. The summed E-state index contributed by atoms with van der Waals surface area (Å²) in [6, 6.07) is 15.8. The lowest BCUT2D eigenvalue weighted by molar-refractivity contribution is 0.0827. The molecular formula is C23H29N7O. The van der Waals surface area contributed by atoms with Gasteiger partial charge >= 0.3 is 0 Å². The van der Waals surface area contributed by atoms with Crippen LogP contribution in [-0.2, 0) is 13.0 Å². The number of guanidine groups is 1. The van der Waals surface area contributed by atoms with Crippen molar-refractivity contribution in [2.75, 3.05) is 27.2 Å². The highest BCUT2D eigenvalue weighted by Crippen LogP contribution is 2.09. The molecule has 3 rings (SSSR count). The molecule has 0 unspecified atom stereocenters. The zero-order valence-electron chi connectivity index (χ0n) is 18.2. The molecule has 8 nitrogen and oxygen atoms in total. The predicted octanol–water partition coefficient (Wildman–Crippen LogP) is 2.27. The molecule has 0 aliphatic heterocycles. The minimum absolute atomic E-state index is 0.0135. The molecule has 162 valence electrons. The van der Waals surface area contributed by atoms with E-state index < -0.39 is 0 Å². The van der Waals surface area contributed by atoms with Gasteiger partial charge in [-0.05, 0) is 48.7 Å². The summed E-state index contributed by atoms with van der Waals surface area (Å²) in [5.41, 5.74) is 3.89. The standard InChI is InChI=1S/C23H29N7O/c1-4-25-23(26-13-12-18-6-5-7-20(14-18)22(31)29(2)3)27-15-19-8-10-21(11-9-19)30-17-24-16-28-30/h5-11,14,16-17H,4,12-13,15H2,1-3H3,(H2,25,26,27). The summed E-state index contributed by atoms with van der Waals surface area (Å²) in [6.45, 7) is 4.11. The van der Waals surface area contributed by atoms with Crippen LogP contribution in [0, 0.1) is 0 Å². The van der Waals surface area contributed by atoms with Gasteiger partial charge in [0, 0.05) is 32.7 Å². The number of nitrogens with one attached hydrogen (secondary N) is 2. The second-order valence-corrected chi connectivity index (χ2v) is 7.28. The molecule has 1 amide bonds. The van der Waals surface area contributed by atoms with Crippen molar-refractivity contribution in [3.63, 3.8) is 0 Å². The first-order chi connectivity index (χ1) is 15.1. The third-order valence-corrected chi connectivity index (χ3v) is 4.67. The number of benzene rings is 2. The molecule has 0 atom stereocenters. The molecule has 1 aromatic heterocycles. The van der Waals surface area contributed by atoms with Crippen molar-refractivity contribution in [2.24, 2.45) is 4.99 Å². The van der Waals surface area contributed by atoms with Crippen molar-refractivity contribution in [1.82, 2.24) is 30.3 Å². The molecule has 0 bridgehead atoms. The van der Waals surface area contributed by atoms with E-state index in [1.807, 2.05) is 55.5 Å². The van der Waals surface area contributed by atoms with E-state index in [-0.39, 0.29) is 5.91 Å². The molecule has 0 spiro atoms. The number of carbonyl (C=O) groups is 1. The highest BCUT2D eigenvalue weighted by molar-refractivity contribution is 5.94. The lowest BCUT2D eigenvalue weighted by Gasteiger charge is -2.13. The maximum Gasteiger partial charge on any atom is 0.253 e. The van der Waals surface area contributed by atoms with Gasteiger partial charge in [0.15, 0.2) is 5.96 Å². The highest BCUT2D eigenvalue weighted by Gasteiger charge is 2.08. The molecular weight excluding hydrogens is 390 g/mol. The van der Waals surface area contributed by atoms with Crippen LogP contribution in [0.25, 0.3) is 5.69 Å². The second kappa shape index (κ2) is 10.9. The third-order valence-electron chi connectivity index (χ3n) is 4.67. The van der Waals surface area contributed by atoms with Crippen molar-refractivity contribution in [3.8, 4) is 5.69 Å². The Bertz CT molecular complexity index is 995. The van der Waals surface area contributed by atoms with E-state index in [2.05, 4.69) is 25.7 Å². The van der Waals surface area contributed by atoms with Crippen LogP contribution in [-0.4, -0.2) is 58.7 Å². The maximum atomic E-state index is 12.1. The molecule has 2 aromatic carbocycles. The number of amides is 1. The Labute approximate surface area is 183 Å². The monoisotopic (exact) mass is 419 g/mol. The van der Waals surface area contributed by atoms with Gasteiger partial charge in [-0.1, -0.05) is 24.3 Å². The second-order valence-electron chi connectivity index (χ2n) is 7.28. The average Bonchev–Trinajstić information content (AvgIpc) is 3.32. The normalized spacial score (nSPS) is 11.3. The van der Waals surface area contributed by atoms with Crippen molar-refractivity contribution < 1.29 is 4.79 Å². The molecule has 1 heterocycles. The van der Waals surface area contributed by atoms with Crippen LogP contribution >= 0.6 is 0 Å². The molecule has 0 aliphatic carbocycles. The molecule has 8 heteroatoms. The van der Waals surface area contributed by atoms with E-state index in [9.17, 15) is 4.79 Å². The van der Waals surface area contributed by atoms with Gasteiger partial charge in [0.05, 0.1) is 12.2 Å². The summed E-state index contributed by atoms with van der Waals surface area (Å²) in [4.78, 5) is 22.4. The Morgan fingerprint density at radius 1 is 1.10 bits per heavy atom. The first-order valence-electron chi connectivity index (χ1n) is 10.3. The summed E-state index contributed by atoms with van der Waals surface area (Å²) < 4.78 is 1.72. The highest BCUT2D eigenvalue weighted by atomic mass is 16.2. The third kappa shape index (κ3) is 6.40. The number of rotatable bonds is 8. The summed E-state index contributed by atoms with van der Waals surface area (Å²) in [5, 5.41) is 10.8. The summed E-state index contributed by atoms with van der Waals surface area (Å²) >= 11 is 0. The SMILES string of the molecule is CCNC(=NCc1ccc(-n2cncn2)cc1)NCCc1cccc(C(=O)N(C)C)c1. The first kappa shape index (κ1) is 22.0. The summed E-state index contributed by atoms with van der Waals surface area (Å²) in [7, 11) is 3.52. The van der Waals surface area contributed by atoms with E-state index in [1.54, 1.807) is 30.0 Å². The van der Waals surface area contributed by atoms with Gasteiger partial charge in [-0.3, -0.25) is 4.79 Å². The van der Waals surface area contributed by atoms with Crippen LogP contribution in [0.5, 0.6) is 0 Å². The van der Waals surface area contributed by atoms with Gasteiger partial charge < -0.3 is 15.5 Å². The minimum Gasteiger partial charge on any atom is -0.357 e. The number of aliphatic imine (C=N–C) groups is 1. The lowest BCUT2D eigenvalue weighted by atomic mass is 10.1. The Morgan fingerprint density at radius 3 is 2.58 bits per heavy atom. The quantitative estimate of drug-likeness (QED) is 0.432. The van der Waals surface area contributed by atoms with Crippen LogP contribution in [0.2, 0.25) is 0 Å². The van der Waals surface area contributed by atoms with Crippen LogP contribution in [0.3, 0.4) is 0 Å². The van der Waals surface area contributed by atoms with Crippen LogP contribution in [0.4, 0.5) is 0 Å². The van der Waals surface area contributed by atoms with E-state index in [1.165, 1.54) is 6.33 Å². The number of carbonyl (C=O) groups excluding carboxylic acids is 1. The van der Waals surface area contributed by atoms with Crippen molar-refractivity contribution in [3.05, 3.63) is 77.9 Å². The number of aromatic nitrogens is 3. The molecule has 0 aliphatic rings. The van der Waals surface area contributed by atoms with Crippen LogP contribution in [0.15, 0.2) is 66.2 Å². The first-order valence-corrected chi connectivity index (χ1v) is 10.3. The lowest BCUT2D eigenvalue weighted by Crippen LogP contribution is -2.38. The molecule has 2 N–H and O–H groups in total. The van der Waals surface area contributed by atoms with Crippen molar-refractivity contribution >= 4 is 11.9 Å². The van der Waals surface area contributed by atoms with Crippen LogP contribution < -0.4 is 10.6 Å². The van der Waals surface area contributed by atoms with Gasteiger partial charge in [0.25, 0.3) is 5.91 Å². The van der Waals surface area contributed by atoms with Crippen LogP contribution in [0.1, 0.15) is 28.4 Å². The Balaban J connectivity index is 1.55. The molecule has 0 radical (unpaired) electrons. The zero-order chi connectivity index (χ0) is 22.1. The number of nitrogens with zero attached hydrogens (tertiary/aromatic N) is 5. The Morgan fingerprint density at radius 2 is 1.90 bits per heavy atom. The van der Waals surface area contributed by atoms with Gasteiger partial charge in [-0.15, -0.1) is 0 Å². The number of hydrogen-bond donors (Lipinski definition) is 2. The van der Waals surface area contributed by atoms with E-state index in [4.69, 9.17) is 0 Å². The van der Waals surface area contributed by atoms with Gasteiger partial charge in [-0.25, -0.2) is 14.7 Å². The Kier molecular flexibility index (Phi) is 7.75. The number of hydrogen-bond acceptors (Lipinski definition) is 4. The smallest absolute Gasteiger partial charge is 0.253 e. The minimum atomic E-state index is 0.0135. The fourth-order valence-corrected chi connectivity index (χ4v) is 3.05. The average molecular weight is 420 g/mol. The topological polar surface area (TPSA) is 87.4 Å². The van der Waals surface area contributed by atoms with Gasteiger partial charge in [-0.2, -0.15) is 5.10 Å².